The standard InChI is InChI=1S/C18H15ClO5/c1-11(17(20)12-6-8-13(19)9-7-12)23-18(21)16-10-22-14-4-2-3-5-15(14)24-16/h2-9,11,16H,10H2,1H3/t11-,16+/m0/s1. The van der Waals surface area contributed by atoms with Crippen molar-refractivity contribution in [2.75, 3.05) is 6.61 Å². The largest absolute Gasteiger partial charge is 0.485 e. The van der Waals surface area contributed by atoms with Crippen molar-refractivity contribution in [3.63, 3.8) is 0 Å². The van der Waals surface area contributed by atoms with Crippen LogP contribution in [0.15, 0.2) is 48.5 Å². The molecule has 124 valence electrons. The highest BCUT2D eigenvalue weighted by atomic mass is 35.5. The summed E-state index contributed by atoms with van der Waals surface area (Å²) in [6.45, 7) is 1.56. The van der Waals surface area contributed by atoms with Gasteiger partial charge in [0.15, 0.2) is 17.6 Å². The van der Waals surface area contributed by atoms with E-state index in [1.54, 1.807) is 42.5 Å². The Balaban J connectivity index is 1.62. The van der Waals surface area contributed by atoms with Gasteiger partial charge in [0.05, 0.1) is 0 Å². The highest BCUT2D eigenvalue weighted by Crippen LogP contribution is 2.31. The number of hydrogen-bond donors (Lipinski definition) is 0. The van der Waals surface area contributed by atoms with Gasteiger partial charge in [-0.15, -0.1) is 0 Å². The minimum absolute atomic E-state index is 0.0394. The van der Waals surface area contributed by atoms with Crippen LogP contribution in [0.3, 0.4) is 0 Å². The fraction of sp³-hybridized carbons (Fsp3) is 0.222. The molecular weight excluding hydrogens is 332 g/mol. The lowest BCUT2D eigenvalue weighted by Gasteiger charge is -2.25. The molecule has 2 aromatic rings. The minimum Gasteiger partial charge on any atom is -0.485 e. The highest BCUT2D eigenvalue weighted by molar-refractivity contribution is 6.30. The van der Waals surface area contributed by atoms with Crippen LogP contribution >= 0.6 is 11.6 Å². The summed E-state index contributed by atoms with van der Waals surface area (Å²) in [5.41, 5.74) is 0.422. The number of hydrogen-bond acceptors (Lipinski definition) is 5. The lowest BCUT2D eigenvalue weighted by Crippen LogP contribution is -2.40. The fourth-order valence-electron chi connectivity index (χ4n) is 2.29. The Hall–Kier alpha value is -2.53. The van der Waals surface area contributed by atoms with E-state index in [9.17, 15) is 9.59 Å². The predicted octanol–water partition coefficient (Wildman–Crippen LogP) is 3.29. The molecule has 0 spiro atoms. The average Bonchev–Trinajstić information content (AvgIpc) is 2.61. The zero-order valence-electron chi connectivity index (χ0n) is 12.9. The summed E-state index contributed by atoms with van der Waals surface area (Å²) in [6.07, 6.45) is -1.83. The van der Waals surface area contributed by atoms with Gasteiger partial charge in [0, 0.05) is 10.6 Å². The smallest absolute Gasteiger partial charge is 0.351 e. The summed E-state index contributed by atoms with van der Waals surface area (Å²) in [5.74, 6) is 0.102. The maximum absolute atomic E-state index is 12.3. The van der Waals surface area contributed by atoms with Gasteiger partial charge in [0.25, 0.3) is 0 Å². The van der Waals surface area contributed by atoms with Gasteiger partial charge in [-0.3, -0.25) is 4.79 Å². The van der Waals surface area contributed by atoms with Crippen molar-refractivity contribution in [2.24, 2.45) is 0 Å². The van der Waals surface area contributed by atoms with Crippen molar-refractivity contribution >= 4 is 23.4 Å². The zero-order valence-corrected chi connectivity index (χ0v) is 13.7. The number of rotatable bonds is 4. The molecule has 0 saturated carbocycles. The number of para-hydroxylation sites is 2. The number of halogens is 1. The number of carbonyl (C=O) groups is 2. The molecule has 2 aromatic carbocycles. The maximum Gasteiger partial charge on any atom is 0.351 e. The molecule has 1 aliphatic rings. The summed E-state index contributed by atoms with van der Waals surface area (Å²) in [6, 6.07) is 13.4. The van der Waals surface area contributed by atoms with E-state index in [4.69, 9.17) is 25.8 Å². The van der Waals surface area contributed by atoms with Crippen LogP contribution < -0.4 is 9.47 Å². The molecule has 5 nitrogen and oxygen atoms in total. The van der Waals surface area contributed by atoms with Crippen LogP contribution in [-0.2, 0) is 9.53 Å². The van der Waals surface area contributed by atoms with Gasteiger partial charge in [-0.05, 0) is 43.3 Å². The summed E-state index contributed by atoms with van der Waals surface area (Å²) < 4.78 is 16.3. The third-order valence-corrected chi connectivity index (χ3v) is 3.81. The molecule has 3 rings (SSSR count). The zero-order chi connectivity index (χ0) is 17.1. The van der Waals surface area contributed by atoms with Gasteiger partial charge in [-0.25, -0.2) is 4.79 Å². The lowest BCUT2D eigenvalue weighted by molar-refractivity contribution is -0.157. The number of carbonyl (C=O) groups excluding carboxylic acids is 2. The van der Waals surface area contributed by atoms with E-state index in [0.717, 1.165) is 0 Å². The number of ether oxygens (including phenoxy) is 3. The Bertz CT molecular complexity index is 756. The Morgan fingerprint density at radius 2 is 1.79 bits per heavy atom. The van der Waals surface area contributed by atoms with Gasteiger partial charge in [0.2, 0.25) is 11.9 Å². The second-order valence-electron chi connectivity index (χ2n) is 5.31. The number of fused-ring (bicyclic) bond motifs is 1. The molecule has 24 heavy (non-hydrogen) atoms. The van der Waals surface area contributed by atoms with Crippen molar-refractivity contribution in [1.82, 2.24) is 0 Å². The molecule has 0 N–H and O–H groups in total. The topological polar surface area (TPSA) is 61.8 Å². The first-order valence-corrected chi connectivity index (χ1v) is 7.81. The Labute approximate surface area is 144 Å². The van der Waals surface area contributed by atoms with Gasteiger partial charge in [-0.1, -0.05) is 23.7 Å². The van der Waals surface area contributed by atoms with Crippen LogP contribution in [0.25, 0.3) is 0 Å². The first-order chi connectivity index (χ1) is 11.5. The molecule has 0 amide bonds. The van der Waals surface area contributed by atoms with E-state index in [2.05, 4.69) is 0 Å². The lowest BCUT2D eigenvalue weighted by atomic mass is 10.1. The van der Waals surface area contributed by atoms with Crippen molar-refractivity contribution in [1.29, 1.82) is 0 Å². The Morgan fingerprint density at radius 3 is 2.50 bits per heavy atom. The van der Waals surface area contributed by atoms with Crippen LogP contribution in [-0.4, -0.2) is 30.6 Å². The van der Waals surface area contributed by atoms with Crippen LogP contribution in [0.5, 0.6) is 11.5 Å². The summed E-state index contributed by atoms with van der Waals surface area (Å²) >= 11 is 5.80. The molecule has 0 radical (unpaired) electrons. The van der Waals surface area contributed by atoms with Crippen LogP contribution in [0.2, 0.25) is 5.02 Å². The van der Waals surface area contributed by atoms with Crippen molar-refractivity contribution in [3.8, 4) is 11.5 Å². The van der Waals surface area contributed by atoms with Gasteiger partial charge in [0.1, 0.15) is 6.61 Å². The van der Waals surface area contributed by atoms with Gasteiger partial charge >= 0.3 is 5.97 Å². The maximum atomic E-state index is 12.3. The summed E-state index contributed by atoms with van der Waals surface area (Å²) in [5, 5.41) is 0.530. The quantitative estimate of drug-likeness (QED) is 0.628. The molecule has 0 fully saturated rings. The molecule has 0 aromatic heterocycles. The first kappa shape index (κ1) is 16.3. The third kappa shape index (κ3) is 3.51. The molecular formula is C18H15ClO5. The van der Waals surface area contributed by atoms with Gasteiger partial charge < -0.3 is 14.2 Å². The van der Waals surface area contributed by atoms with E-state index in [1.807, 2.05) is 6.07 Å². The van der Waals surface area contributed by atoms with Crippen molar-refractivity contribution in [2.45, 2.75) is 19.1 Å². The molecule has 1 heterocycles. The normalized spacial score (nSPS) is 17.0. The number of esters is 1. The minimum atomic E-state index is -0.931. The number of benzene rings is 2. The Morgan fingerprint density at radius 1 is 1.12 bits per heavy atom. The van der Waals surface area contributed by atoms with Crippen LogP contribution in [0.1, 0.15) is 17.3 Å². The molecule has 0 unspecified atom stereocenters. The van der Waals surface area contributed by atoms with E-state index in [1.165, 1.54) is 6.92 Å². The molecule has 0 saturated heterocycles. The van der Waals surface area contributed by atoms with Crippen molar-refractivity contribution in [3.05, 3.63) is 59.1 Å². The van der Waals surface area contributed by atoms with E-state index in [0.29, 0.717) is 22.1 Å². The molecule has 6 heteroatoms. The SMILES string of the molecule is C[C@H](OC(=O)[C@H]1COc2ccccc2O1)C(=O)c1ccc(Cl)cc1. The molecule has 1 aliphatic heterocycles. The molecule has 0 bridgehead atoms. The molecule has 0 aliphatic carbocycles. The van der Waals surface area contributed by atoms with E-state index in [-0.39, 0.29) is 12.4 Å². The van der Waals surface area contributed by atoms with Crippen LogP contribution in [0, 0.1) is 0 Å². The van der Waals surface area contributed by atoms with Gasteiger partial charge in [-0.2, -0.15) is 0 Å². The van der Waals surface area contributed by atoms with E-state index < -0.39 is 18.2 Å². The van der Waals surface area contributed by atoms with E-state index >= 15 is 0 Å². The summed E-state index contributed by atoms with van der Waals surface area (Å²) in [7, 11) is 0. The average molecular weight is 347 g/mol. The monoisotopic (exact) mass is 346 g/mol. The fourth-order valence-corrected chi connectivity index (χ4v) is 2.41. The van der Waals surface area contributed by atoms with Crippen LogP contribution in [0.4, 0.5) is 0 Å². The second-order valence-corrected chi connectivity index (χ2v) is 5.75. The predicted molar refractivity (Wildman–Crippen MR) is 87.7 cm³/mol. The number of Topliss-reactive ketones (excluding diaryl/α,β-unsaturated/α-hetero) is 1. The number of ketones is 1. The van der Waals surface area contributed by atoms with Crippen molar-refractivity contribution < 1.29 is 23.8 Å². The second kappa shape index (κ2) is 6.93. The highest BCUT2D eigenvalue weighted by Gasteiger charge is 2.31. The molecule has 2 atom stereocenters. The first-order valence-electron chi connectivity index (χ1n) is 7.43. The summed E-state index contributed by atoms with van der Waals surface area (Å²) in [4.78, 5) is 24.5. The Kier molecular flexibility index (Phi) is 4.71. The third-order valence-electron chi connectivity index (χ3n) is 3.56.